The van der Waals surface area contributed by atoms with Crippen molar-refractivity contribution >= 4 is 17.2 Å². The van der Waals surface area contributed by atoms with E-state index in [9.17, 15) is 4.79 Å². The van der Waals surface area contributed by atoms with Gasteiger partial charge in [0.15, 0.2) is 0 Å². The second kappa shape index (κ2) is 5.88. The molecule has 84 valence electrons. The van der Waals surface area contributed by atoms with E-state index in [4.69, 9.17) is 0 Å². The van der Waals surface area contributed by atoms with Gasteiger partial charge in [-0.15, -0.1) is 11.3 Å². The first kappa shape index (κ1) is 12.2. The molecule has 1 rings (SSSR count). The van der Waals surface area contributed by atoms with Gasteiger partial charge in [-0.25, -0.2) is 0 Å². The molecule has 1 heterocycles. The Balaban J connectivity index is 2.56. The van der Waals surface area contributed by atoms with E-state index in [2.05, 4.69) is 21.7 Å². The second-order valence-corrected chi connectivity index (χ2v) is 4.63. The topological polar surface area (TPSA) is 32.3 Å². The monoisotopic (exact) mass is 226 g/mol. The Labute approximate surface area is 95.1 Å². The summed E-state index contributed by atoms with van der Waals surface area (Å²) in [7, 11) is 4.06. The van der Waals surface area contributed by atoms with Gasteiger partial charge < -0.3 is 10.2 Å². The molecule has 1 aromatic heterocycles. The van der Waals surface area contributed by atoms with Gasteiger partial charge in [0.25, 0.3) is 0 Å². The average Bonchev–Trinajstić information content (AvgIpc) is 2.70. The standard InChI is InChI=1S/C11H18N2OS/c1-4-11(14)12-8-9(13(2)3)10-6-5-7-15-10/h5-7,9H,4,8H2,1-3H3,(H,12,14)/t9-/m1/s1. The van der Waals surface area contributed by atoms with Crippen molar-refractivity contribution in [2.24, 2.45) is 0 Å². The molecule has 0 saturated heterocycles. The Hall–Kier alpha value is -0.870. The fourth-order valence-electron chi connectivity index (χ4n) is 1.35. The Kier molecular flexibility index (Phi) is 4.78. The summed E-state index contributed by atoms with van der Waals surface area (Å²) in [6, 6.07) is 4.42. The van der Waals surface area contributed by atoms with Crippen LogP contribution >= 0.6 is 11.3 Å². The number of nitrogens with one attached hydrogen (secondary N) is 1. The van der Waals surface area contributed by atoms with Crippen molar-refractivity contribution in [2.45, 2.75) is 19.4 Å². The molecule has 4 heteroatoms. The van der Waals surface area contributed by atoms with Gasteiger partial charge in [-0.3, -0.25) is 4.79 Å². The molecule has 0 aliphatic rings. The molecule has 0 fully saturated rings. The van der Waals surface area contributed by atoms with Crippen molar-refractivity contribution in [3.63, 3.8) is 0 Å². The molecule has 1 aromatic rings. The molecule has 0 spiro atoms. The zero-order valence-corrected chi connectivity index (χ0v) is 10.3. The highest BCUT2D eigenvalue weighted by Crippen LogP contribution is 2.22. The van der Waals surface area contributed by atoms with Crippen LogP contribution in [0.4, 0.5) is 0 Å². The minimum atomic E-state index is 0.110. The van der Waals surface area contributed by atoms with Crippen molar-refractivity contribution in [3.8, 4) is 0 Å². The Morgan fingerprint density at radius 3 is 2.80 bits per heavy atom. The summed E-state index contributed by atoms with van der Waals surface area (Å²) in [5, 5.41) is 4.99. The number of likely N-dealkylation sites (N-methyl/N-ethyl adjacent to an activating group) is 1. The van der Waals surface area contributed by atoms with Gasteiger partial charge in [0.2, 0.25) is 5.91 Å². The first-order valence-electron chi connectivity index (χ1n) is 5.11. The number of hydrogen-bond acceptors (Lipinski definition) is 3. The molecular weight excluding hydrogens is 208 g/mol. The molecule has 0 aliphatic carbocycles. The third-order valence-corrected chi connectivity index (χ3v) is 3.28. The fourth-order valence-corrected chi connectivity index (χ4v) is 2.28. The maximum Gasteiger partial charge on any atom is 0.219 e. The predicted octanol–water partition coefficient (Wildman–Crippen LogP) is 1.88. The fraction of sp³-hybridized carbons (Fsp3) is 0.545. The smallest absolute Gasteiger partial charge is 0.219 e. The lowest BCUT2D eigenvalue weighted by molar-refractivity contribution is -0.120. The van der Waals surface area contributed by atoms with Crippen molar-refractivity contribution in [3.05, 3.63) is 22.4 Å². The van der Waals surface area contributed by atoms with E-state index in [1.54, 1.807) is 11.3 Å². The first-order valence-corrected chi connectivity index (χ1v) is 5.99. The summed E-state index contributed by atoms with van der Waals surface area (Å²) >= 11 is 1.73. The van der Waals surface area contributed by atoms with Crippen LogP contribution in [-0.4, -0.2) is 31.4 Å². The molecule has 1 N–H and O–H groups in total. The molecule has 0 radical (unpaired) electrons. The predicted molar refractivity (Wildman–Crippen MR) is 64.0 cm³/mol. The molecule has 1 atom stereocenters. The summed E-state index contributed by atoms with van der Waals surface area (Å²) < 4.78 is 0. The van der Waals surface area contributed by atoms with Crippen LogP contribution < -0.4 is 5.32 Å². The lowest BCUT2D eigenvalue weighted by Gasteiger charge is -2.23. The minimum absolute atomic E-state index is 0.110. The van der Waals surface area contributed by atoms with Crippen LogP contribution in [-0.2, 0) is 4.79 Å². The molecule has 0 aliphatic heterocycles. The van der Waals surface area contributed by atoms with Gasteiger partial charge in [-0.2, -0.15) is 0 Å². The summed E-state index contributed by atoms with van der Waals surface area (Å²) in [5.74, 6) is 0.110. The molecule has 15 heavy (non-hydrogen) atoms. The van der Waals surface area contributed by atoms with Gasteiger partial charge >= 0.3 is 0 Å². The number of amides is 1. The molecule has 3 nitrogen and oxygen atoms in total. The van der Waals surface area contributed by atoms with Crippen LogP contribution in [0.5, 0.6) is 0 Å². The summed E-state index contributed by atoms with van der Waals surface area (Å²) in [4.78, 5) is 14.6. The van der Waals surface area contributed by atoms with Crippen LogP contribution in [0.15, 0.2) is 17.5 Å². The number of hydrogen-bond donors (Lipinski definition) is 1. The zero-order valence-electron chi connectivity index (χ0n) is 9.49. The molecule has 0 aromatic carbocycles. The van der Waals surface area contributed by atoms with Crippen molar-refractivity contribution in [1.29, 1.82) is 0 Å². The van der Waals surface area contributed by atoms with Crippen LogP contribution in [0.25, 0.3) is 0 Å². The molecule has 0 bridgehead atoms. The Bertz CT molecular complexity index is 296. The van der Waals surface area contributed by atoms with Crippen molar-refractivity contribution in [2.75, 3.05) is 20.6 Å². The van der Waals surface area contributed by atoms with Crippen LogP contribution in [0.1, 0.15) is 24.3 Å². The van der Waals surface area contributed by atoms with E-state index in [1.165, 1.54) is 4.88 Å². The maximum absolute atomic E-state index is 11.2. The zero-order chi connectivity index (χ0) is 11.3. The van der Waals surface area contributed by atoms with Crippen molar-refractivity contribution < 1.29 is 4.79 Å². The lowest BCUT2D eigenvalue weighted by Crippen LogP contribution is -2.33. The van der Waals surface area contributed by atoms with E-state index in [0.29, 0.717) is 13.0 Å². The summed E-state index contributed by atoms with van der Waals surface area (Å²) in [6.07, 6.45) is 0.546. The van der Waals surface area contributed by atoms with Gasteiger partial charge in [-0.1, -0.05) is 13.0 Å². The van der Waals surface area contributed by atoms with E-state index < -0.39 is 0 Å². The largest absolute Gasteiger partial charge is 0.354 e. The summed E-state index contributed by atoms with van der Waals surface area (Å²) in [6.45, 7) is 2.55. The SMILES string of the molecule is CCC(=O)NC[C@H](c1cccs1)N(C)C. The average molecular weight is 226 g/mol. The van der Waals surface area contributed by atoms with E-state index in [-0.39, 0.29) is 11.9 Å². The Morgan fingerprint density at radius 2 is 2.33 bits per heavy atom. The summed E-state index contributed by atoms with van der Waals surface area (Å²) in [5.41, 5.74) is 0. The normalized spacial score (nSPS) is 12.8. The second-order valence-electron chi connectivity index (χ2n) is 3.65. The van der Waals surface area contributed by atoms with Gasteiger partial charge in [0, 0.05) is 17.8 Å². The number of carbonyl (C=O) groups is 1. The number of carbonyl (C=O) groups excluding carboxylic acids is 1. The van der Waals surface area contributed by atoms with Gasteiger partial charge in [-0.05, 0) is 25.5 Å². The van der Waals surface area contributed by atoms with Gasteiger partial charge in [0.05, 0.1) is 6.04 Å². The van der Waals surface area contributed by atoms with E-state index >= 15 is 0 Å². The van der Waals surface area contributed by atoms with Crippen LogP contribution in [0, 0.1) is 0 Å². The Morgan fingerprint density at radius 1 is 1.60 bits per heavy atom. The molecule has 1 amide bonds. The highest BCUT2D eigenvalue weighted by molar-refractivity contribution is 7.10. The van der Waals surface area contributed by atoms with E-state index in [0.717, 1.165) is 0 Å². The van der Waals surface area contributed by atoms with E-state index in [1.807, 2.05) is 27.1 Å². The first-order chi connectivity index (χ1) is 7.15. The number of nitrogens with zero attached hydrogens (tertiary/aromatic N) is 1. The quantitative estimate of drug-likeness (QED) is 0.831. The third kappa shape index (κ3) is 3.64. The van der Waals surface area contributed by atoms with Crippen LogP contribution in [0.3, 0.4) is 0 Å². The number of thiophene rings is 1. The lowest BCUT2D eigenvalue weighted by atomic mass is 10.2. The highest BCUT2D eigenvalue weighted by atomic mass is 32.1. The molecule has 0 saturated carbocycles. The van der Waals surface area contributed by atoms with Crippen molar-refractivity contribution in [1.82, 2.24) is 10.2 Å². The maximum atomic E-state index is 11.2. The third-order valence-electron chi connectivity index (χ3n) is 2.31. The minimum Gasteiger partial charge on any atom is -0.354 e. The highest BCUT2D eigenvalue weighted by Gasteiger charge is 2.15. The molecular formula is C11H18N2OS. The van der Waals surface area contributed by atoms with Gasteiger partial charge in [0.1, 0.15) is 0 Å². The number of rotatable bonds is 5. The molecule has 0 unspecified atom stereocenters. The van der Waals surface area contributed by atoms with Crippen LogP contribution in [0.2, 0.25) is 0 Å².